The summed E-state index contributed by atoms with van der Waals surface area (Å²) in [5.41, 5.74) is 32.6. The summed E-state index contributed by atoms with van der Waals surface area (Å²) in [6.45, 7) is 6.01. The van der Waals surface area contributed by atoms with Gasteiger partial charge in [0.15, 0.2) is 5.96 Å². The highest BCUT2D eigenvalue weighted by Crippen LogP contribution is 2.21. The molecule has 4 aromatic carbocycles. The van der Waals surface area contributed by atoms with Gasteiger partial charge in [0.05, 0.1) is 38.8 Å². The third kappa shape index (κ3) is 43.6. The summed E-state index contributed by atoms with van der Waals surface area (Å²) in [5.74, 6) is -21.5. The molecular formula is C98H145N24O24. The first kappa shape index (κ1) is 122. The van der Waals surface area contributed by atoms with E-state index in [1.807, 2.05) is 24.3 Å². The zero-order chi connectivity index (χ0) is 108. The summed E-state index contributed by atoms with van der Waals surface area (Å²) in [5, 5.41) is 102. The molecule has 0 spiro atoms. The smallest absolute Gasteiger partial charge is 0.305 e. The van der Waals surface area contributed by atoms with Crippen LogP contribution in [-0.4, -0.2) is 298 Å². The Hall–Kier alpha value is -14.5. The Bertz CT molecular complexity index is 5120. The summed E-state index contributed by atoms with van der Waals surface area (Å²) >= 11 is 0. The Morgan fingerprint density at radius 2 is 0.712 bits per heavy atom. The number of amides is 16. The number of carboxylic acids is 2. The summed E-state index contributed by atoms with van der Waals surface area (Å²) in [7, 11) is 0. The molecule has 0 saturated heterocycles. The normalized spacial score (nSPS) is 14.5. The number of nitrogens with one attached hydrogen (secondary N) is 19. The maximum atomic E-state index is 15.2. The van der Waals surface area contributed by atoms with E-state index in [2.05, 4.69) is 95.4 Å². The van der Waals surface area contributed by atoms with E-state index < -0.39 is 272 Å². The number of guanidine groups is 1. The van der Waals surface area contributed by atoms with E-state index in [-0.39, 0.29) is 103 Å². The van der Waals surface area contributed by atoms with Gasteiger partial charge in [-0.05, 0) is 156 Å². The number of fused-ring (bicyclic) bond motifs is 1. The van der Waals surface area contributed by atoms with E-state index in [0.29, 0.717) is 42.4 Å². The lowest BCUT2D eigenvalue weighted by atomic mass is 10.00. The molecule has 34 N–H and O–H groups in total. The van der Waals surface area contributed by atoms with Gasteiger partial charge in [0.25, 0.3) is 0 Å². The topological polar surface area (TPSA) is 800 Å². The third-order valence-corrected chi connectivity index (χ3v) is 23.4. The fourth-order valence-corrected chi connectivity index (χ4v) is 15.4. The van der Waals surface area contributed by atoms with Gasteiger partial charge in [-0.15, -0.1) is 0 Å². The SMILES string of the molecule is CC(C)C[C@H](NC(=O)[C@H](CCCCN)NC(=O)[C@H](Cc1ccccc1)NC(=O)[C@H](Cc1ccccc1)NC(=O)[C@H](CO)NC(=O)[C@H](CCCCN)NC(=O)[C@H](CCCNC(=N)N)NC(=O)[C@@H](NC(=O)[C@H](CCCCN)NC(=O)[C@H](N)Cc1c[nH]c2ccccc12)C(C)C)C(=O)N[C@@H](CCC(=O)O)C(=O)NCC(=O)N[C@@H](CO)C(=O)N[C@@H](Cc1ccccc1)C(=O)N[C@@H](CC(=O)O)C(=O)N[C@H](C(=O)N[C@H]([C]=O)CO)C(C)C. The molecule has 48 nitrogen and oxygen atoms in total. The predicted molar refractivity (Wildman–Crippen MR) is 535 cm³/mol. The second-order valence-electron chi connectivity index (χ2n) is 36.4. The first-order valence-electron chi connectivity index (χ1n) is 48.6. The van der Waals surface area contributed by atoms with Crippen LogP contribution in [0.3, 0.4) is 0 Å². The van der Waals surface area contributed by atoms with Gasteiger partial charge in [0.2, 0.25) is 101 Å². The van der Waals surface area contributed by atoms with Crippen molar-refractivity contribution in [3.63, 3.8) is 0 Å². The second-order valence-corrected chi connectivity index (χ2v) is 36.4. The van der Waals surface area contributed by atoms with Crippen LogP contribution in [0.2, 0.25) is 0 Å². The fraction of sp³-hybridized carbons (Fsp3) is 0.531. The number of nitrogens with two attached hydrogens (primary N) is 5. The lowest BCUT2D eigenvalue weighted by Crippen LogP contribution is -2.62. The number of aliphatic hydroxyl groups is 3. The van der Waals surface area contributed by atoms with Crippen LogP contribution in [0.15, 0.2) is 121 Å². The number of H-pyrrole nitrogens is 1. The number of para-hydroxylation sites is 1. The van der Waals surface area contributed by atoms with Crippen molar-refractivity contribution in [1.82, 2.24) is 95.4 Å². The average molecular weight is 2040 g/mol. The predicted octanol–water partition coefficient (Wildman–Crippen LogP) is -5.41. The standard InChI is InChI=1S/C98H145N24O24/c1-55(2)43-71(89(138)113-70(37-38-79(128)129)84(133)107-50-78(127)109-76(53-125)94(143)117-74(46-60-29-14-9-15-30-60)92(141)119-75(48-80(130)131)93(142)122-81(56(3)4)96(145)108-62(51-123)52-124)115-86(135)66(33-18-21-39-99)112-90(139)72(44-58-25-10-7-11-26-58)116-91(140)73(45-59-27-12-8-13-28-59)118-95(144)77(54-126)120-87(136)67(34-19-22-40-100)111-85(134)69(36-24-42-105-98(103)104)114-97(146)82(57(5)6)121-88(137)68(35-20-23-41-101)110-83(132)64(102)47-61-49-106-65-32-17-16-31-63(61)65/h7-17,25-32,49,55-57,62,64,66-77,81-82,106,123,125-126H,18-24,33-48,50-51,53-54,99-102H2,1-6H3,(H,107,133)(H,108,145)(H,109,127)(H,110,132)(H,111,134)(H,112,139)(H,113,138)(H,114,146)(H,115,135)(H,116,140)(H,117,143)(H,118,144)(H,119,141)(H,120,136)(H,121,137)(H,122,142)(H,128,129)(H,130,131)(H4,103,104,105)/t62-,64+,66-,67-,68-,69-,70-,71-,72-,73-,74-,75-,76-,77-,81-,82-/m0/s1. The Labute approximate surface area is 846 Å². The van der Waals surface area contributed by atoms with Crippen molar-refractivity contribution >= 4 is 130 Å². The van der Waals surface area contributed by atoms with Gasteiger partial charge in [-0.25, -0.2) is 0 Å². The van der Waals surface area contributed by atoms with Gasteiger partial charge >= 0.3 is 11.9 Å². The monoisotopic (exact) mass is 2040 g/mol. The number of aliphatic carboxylic acids is 2. The van der Waals surface area contributed by atoms with E-state index in [1.54, 1.807) is 125 Å². The second kappa shape index (κ2) is 65.0. The van der Waals surface area contributed by atoms with E-state index >= 15 is 9.59 Å². The van der Waals surface area contributed by atoms with Crippen molar-refractivity contribution in [2.45, 2.75) is 260 Å². The Morgan fingerprint density at radius 3 is 1.12 bits per heavy atom. The van der Waals surface area contributed by atoms with Crippen LogP contribution < -0.4 is 119 Å². The molecule has 5 aromatic rings. The van der Waals surface area contributed by atoms with E-state index in [0.717, 1.165) is 16.5 Å². The van der Waals surface area contributed by atoms with Crippen molar-refractivity contribution < 1.29 is 117 Å². The van der Waals surface area contributed by atoms with Crippen LogP contribution in [-0.2, 0) is 117 Å². The number of rotatable bonds is 69. The highest BCUT2D eigenvalue weighted by Gasteiger charge is 2.41. The van der Waals surface area contributed by atoms with Gasteiger partial charge in [-0.2, -0.15) is 0 Å². The lowest BCUT2D eigenvalue weighted by molar-refractivity contribution is -0.142. The molecular weight excluding hydrogens is 1900 g/mol. The minimum atomic E-state index is -1.93. The van der Waals surface area contributed by atoms with Crippen molar-refractivity contribution in [2.75, 3.05) is 52.5 Å². The Morgan fingerprint density at radius 1 is 0.363 bits per heavy atom. The maximum absolute atomic E-state index is 15.2. The third-order valence-electron chi connectivity index (χ3n) is 23.4. The number of aliphatic hydroxyl groups excluding tert-OH is 3. The summed E-state index contributed by atoms with van der Waals surface area (Å²) in [6, 6.07) is 6.68. The van der Waals surface area contributed by atoms with Gasteiger partial charge in [0.1, 0.15) is 90.6 Å². The van der Waals surface area contributed by atoms with E-state index in [1.165, 1.54) is 20.1 Å². The average Bonchev–Trinajstić information content (AvgIpc) is 1.36. The van der Waals surface area contributed by atoms with Gasteiger partial charge in [0, 0.05) is 49.3 Å². The molecule has 0 aliphatic heterocycles. The fourth-order valence-electron chi connectivity index (χ4n) is 15.4. The molecule has 1 radical (unpaired) electrons. The molecule has 1 aromatic heterocycles. The number of unbranched alkanes of at least 4 members (excludes halogenated alkanes) is 3. The number of aromatic nitrogens is 1. The van der Waals surface area contributed by atoms with Crippen molar-refractivity contribution in [3.05, 3.63) is 144 Å². The van der Waals surface area contributed by atoms with Crippen molar-refractivity contribution in [2.24, 2.45) is 46.4 Å². The zero-order valence-electron chi connectivity index (χ0n) is 83.0. The Balaban J connectivity index is 1.36. The van der Waals surface area contributed by atoms with Crippen LogP contribution in [0.1, 0.15) is 160 Å². The largest absolute Gasteiger partial charge is 0.481 e. The van der Waals surface area contributed by atoms with Crippen LogP contribution >= 0.6 is 0 Å². The van der Waals surface area contributed by atoms with Crippen LogP contribution in [0.5, 0.6) is 0 Å². The van der Waals surface area contributed by atoms with Crippen LogP contribution in [0, 0.1) is 23.2 Å². The molecule has 0 bridgehead atoms. The molecule has 16 atom stereocenters. The highest BCUT2D eigenvalue weighted by atomic mass is 16.4. The van der Waals surface area contributed by atoms with Crippen LogP contribution in [0.4, 0.5) is 0 Å². The lowest BCUT2D eigenvalue weighted by Gasteiger charge is -2.29. The molecule has 801 valence electrons. The molecule has 0 saturated carbocycles. The minimum Gasteiger partial charge on any atom is -0.481 e. The Kier molecular flexibility index (Phi) is 54.3. The molecule has 0 fully saturated rings. The van der Waals surface area contributed by atoms with E-state index in [9.17, 15) is 107 Å². The van der Waals surface area contributed by atoms with E-state index in [4.69, 9.17) is 34.1 Å². The summed E-state index contributed by atoms with van der Waals surface area (Å²) in [6.07, 6.45) is 1.36. The molecule has 16 amide bonds. The zero-order valence-corrected chi connectivity index (χ0v) is 83.0. The number of aromatic amines is 1. The molecule has 0 unspecified atom stereocenters. The molecule has 5 rings (SSSR count). The number of carbonyl (C=O) groups is 18. The minimum absolute atomic E-state index is 0.0317. The molecule has 146 heavy (non-hydrogen) atoms. The number of carbonyl (C=O) groups excluding carboxylic acids is 17. The van der Waals surface area contributed by atoms with Crippen LogP contribution in [0.25, 0.3) is 10.9 Å². The molecule has 48 heteroatoms. The number of carboxylic acid groups (broad SMARTS) is 2. The van der Waals surface area contributed by atoms with Crippen molar-refractivity contribution in [1.29, 1.82) is 5.41 Å². The van der Waals surface area contributed by atoms with Gasteiger partial charge in [-0.3, -0.25) is 96.5 Å². The van der Waals surface area contributed by atoms with Gasteiger partial charge in [-0.1, -0.05) is 151 Å². The highest BCUT2D eigenvalue weighted by molar-refractivity contribution is 6.02. The van der Waals surface area contributed by atoms with Gasteiger partial charge < -0.3 is 150 Å². The summed E-state index contributed by atoms with van der Waals surface area (Å²) < 4.78 is 0. The first-order chi connectivity index (χ1) is 69.6. The summed E-state index contributed by atoms with van der Waals surface area (Å²) in [4.78, 5) is 268. The first-order valence-corrected chi connectivity index (χ1v) is 48.6. The number of hydrogen-bond donors (Lipinski definition) is 29. The molecule has 0 aliphatic rings. The van der Waals surface area contributed by atoms with Crippen molar-refractivity contribution in [3.8, 4) is 0 Å². The molecule has 1 heterocycles. The number of hydrogen-bond acceptors (Lipinski definition) is 27. The maximum Gasteiger partial charge on any atom is 0.305 e. The molecule has 0 aliphatic carbocycles. The quantitative estimate of drug-likeness (QED) is 0.00981. The number of benzene rings is 4.